The van der Waals surface area contributed by atoms with E-state index in [-0.39, 0.29) is 11.9 Å². The monoisotopic (exact) mass is 347 g/mol. The summed E-state index contributed by atoms with van der Waals surface area (Å²) in [6, 6.07) is 17.9. The normalized spacial score (nSPS) is 12.2. The summed E-state index contributed by atoms with van der Waals surface area (Å²) in [6.07, 6.45) is 0. The molecule has 0 fully saturated rings. The van der Waals surface area contributed by atoms with Crippen LogP contribution in [0.4, 0.5) is 0 Å². The molecule has 2 aromatic carbocycles. The Kier molecular flexibility index (Phi) is 5.53. The van der Waals surface area contributed by atoms with Gasteiger partial charge < -0.3 is 10.2 Å². The third-order valence-electron chi connectivity index (χ3n) is 3.45. The highest BCUT2D eigenvalue weighted by Gasteiger charge is 2.18. The zero-order valence-electron chi connectivity index (χ0n) is 12.3. The van der Waals surface area contributed by atoms with E-state index in [9.17, 15) is 4.79 Å². The summed E-state index contributed by atoms with van der Waals surface area (Å²) in [4.78, 5) is 13.5. The van der Waals surface area contributed by atoms with Crippen molar-refractivity contribution in [3.8, 4) is 0 Å². The Hall–Kier alpha value is -1.65. The van der Waals surface area contributed by atoms with Gasteiger partial charge >= 0.3 is 0 Å². The van der Waals surface area contributed by atoms with Crippen LogP contribution < -0.4 is 10.2 Å². The Morgan fingerprint density at radius 3 is 2.48 bits per heavy atom. The van der Waals surface area contributed by atoms with E-state index in [0.717, 1.165) is 4.47 Å². The van der Waals surface area contributed by atoms with Crippen molar-refractivity contribution < 1.29 is 9.69 Å². The predicted octanol–water partition coefficient (Wildman–Crippen LogP) is 2.06. The predicted molar refractivity (Wildman–Crippen MR) is 88.5 cm³/mol. The minimum Gasteiger partial charge on any atom is -0.346 e. The molecule has 0 saturated carbocycles. The van der Waals surface area contributed by atoms with Crippen molar-refractivity contribution in [2.45, 2.75) is 6.04 Å². The van der Waals surface area contributed by atoms with Crippen molar-refractivity contribution in [2.24, 2.45) is 0 Å². The van der Waals surface area contributed by atoms with Crippen LogP contribution in [0, 0.1) is 0 Å². The van der Waals surface area contributed by atoms with E-state index in [1.165, 1.54) is 10.5 Å². The third-order valence-corrected chi connectivity index (χ3v) is 3.95. The molecule has 1 amide bonds. The minimum absolute atomic E-state index is 0.0431. The zero-order chi connectivity index (χ0) is 15.2. The Morgan fingerprint density at radius 1 is 1.14 bits per heavy atom. The lowest BCUT2D eigenvalue weighted by Gasteiger charge is -2.22. The van der Waals surface area contributed by atoms with Gasteiger partial charge in [-0.1, -0.05) is 52.3 Å². The summed E-state index contributed by atoms with van der Waals surface area (Å²) < 4.78 is 0.910. The maximum Gasteiger partial charge on any atom is 0.251 e. The third kappa shape index (κ3) is 4.41. The van der Waals surface area contributed by atoms with Gasteiger partial charge in [0, 0.05) is 15.6 Å². The molecule has 0 saturated heterocycles. The van der Waals surface area contributed by atoms with Gasteiger partial charge in [0.25, 0.3) is 5.91 Å². The number of benzene rings is 2. The van der Waals surface area contributed by atoms with Gasteiger partial charge in [-0.2, -0.15) is 0 Å². The molecule has 3 nitrogen and oxygen atoms in total. The lowest BCUT2D eigenvalue weighted by atomic mass is 10.1. The van der Waals surface area contributed by atoms with E-state index in [4.69, 9.17) is 0 Å². The summed E-state index contributed by atoms with van der Waals surface area (Å²) in [7, 11) is 4.20. The SMILES string of the molecule is C[NH+](C)[C@H](CNC(=O)c1cccc(Br)c1)c1ccccc1. The Morgan fingerprint density at radius 2 is 1.86 bits per heavy atom. The molecule has 0 radical (unpaired) electrons. The first-order valence-corrected chi connectivity index (χ1v) is 7.76. The van der Waals surface area contributed by atoms with E-state index in [1.54, 1.807) is 0 Å². The van der Waals surface area contributed by atoms with Crippen LogP contribution in [-0.4, -0.2) is 26.5 Å². The van der Waals surface area contributed by atoms with Crippen molar-refractivity contribution in [2.75, 3.05) is 20.6 Å². The van der Waals surface area contributed by atoms with Gasteiger partial charge in [0.2, 0.25) is 0 Å². The van der Waals surface area contributed by atoms with Crippen LogP contribution in [0.5, 0.6) is 0 Å². The van der Waals surface area contributed by atoms with Gasteiger partial charge in [0.1, 0.15) is 6.04 Å². The number of rotatable bonds is 5. The lowest BCUT2D eigenvalue weighted by molar-refractivity contribution is -0.890. The van der Waals surface area contributed by atoms with E-state index in [0.29, 0.717) is 12.1 Å². The molecule has 0 spiro atoms. The number of carbonyl (C=O) groups is 1. The minimum atomic E-state index is -0.0431. The van der Waals surface area contributed by atoms with Crippen molar-refractivity contribution in [1.82, 2.24) is 5.32 Å². The summed E-state index contributed by atoms with van der Waals surface area (Å²) in [5.74, 6) is -0.0431. The van der Waals surface area contributed by atoms with Gasteiger partial charge in [0.15, 0.2) is 0 Å². The highest BCUT2D eigenvalue weighted by Crippen LogP contribution is 2.12. The number of amides is 1. The summed E-state index contributed by atoms with van der Waals surface area (Å²) in [6.45, 7) is 0.609. The molecule has 1 atom stereocenters. The van der Waals surface area contributed by atoms with Crippen LogP contribution >= 0.6 is 15.9 Å². The van der Waals surface area contributed by atoms with Crippen LogP contribution in [-0.2, 0) is 0 Å². The molecule has 0 aliphatic carbocycles. The topological polar surface area (TPSA) is 33.5 Å². The highest BCUT2D eigenvalue weighted by atomic mass is 79.9. The van der Waals surface area contributed by atoms with Crippen molar-refractivity contribution in [3.05, 3.63) is 70.2 Å². The lowest BCUT2D eigenvalue weighted by Crippen LogP contribution is -3.07. The Balaban J connectivity index is 2.04. The first-order valence-electron chi connectivity index (χ1n) is 6.96. The maximum atomic E-state index is 12.2. The van der Waals surface area contributed by atoms with Gasteiger partial charge in [-0.15, -0.1) is 0 Å². The number of hydrogen-bond donors (Lipinski definition) is 2. The molecular formula is C17H20BrN2O+. The van der Waals surface area contributed by atoms with Crippen LogP contribution in [0.1, 0.15) is 22.0 Å². The maximum absolute atomic E-state index is 12.2. The number of nitrogens with one attached hydrogen (secondary N) is 2. The summed E-state index contributed by atoms with van der Waals surface area (Å²) in [5.41, 5.74) is 1.90. The molecule has 0 bridgehead atoms. The number of quaternary nitrogens is 1. The van der Waals surface area contributed by atoms with E-state index >= 15 is 0 Å². The fraction of sp³-hybridized carbons (Fsp3) is 0.235. The molecular weight excluding hydrogens is 328 g/mol. The number of carbonyl (C=O) groups excluding carboxylic acids is 1. The van der Waals surface area contributed by atoms with E-state index in [2.05, 4.69) is 47.5 Å². The smallest absolute Gasteiger partial charge is 0.251 e. The Bertz CT molecular complexity index is 599. The van der Waals surface area contributed by atoms with Crippen molar-refractivity contribution in [1.29, 1.82) is 0 Å². The quantitative estimate of drug-likeness (QED) is 0.852. The van der Waals surface area contributed by atoms with E-state index in [1.807, 2.05) is 42.5 Å². The molecule has 21 heavy (non-hydrogen) atoms. The second-order valence-corrected chi connectivity index (χ2v) is 6.18. The van der Waals surface area contributed by atoms with Crippen LogP contribution in [0.25, 0.3) is 0 Å². The fourth-order valence-corrected chi connectivity index (χ4v) is 2.67. The average molecular weight is 348 g/mol. The van der Waals surface area contributed by atoms with Crippen molar-refractivity contribution >= 4 is 21.8 Å². The van der Waals surface area contributed by atoms with Crippen molar-refractivity contribution in [3.63, 3.8) is 0 Å². The molecule has 0 aliphatic heterocycles. The molecule has 110 valence electrons. The molecule has 0 aromatic heterocycles. The van der Waals surface area contributed by atoms with Gasteiger partial charge in [-0.25, -0.2) is 0 Å². The summed E-state index contributed by atoms with van der Waals surface area (Å²) >= 11 is 3.39. The number of halogens is 1. The van der Waals surface area contributed by atoms with Gasteiger partial charge in [0.05, 0.1) is 20.6 Å². The molecule has 2 rings (SSSR count). The molecule has 0 heterocycles. The van der Waals surface area contributed by atoms with Crippen LogP contribution in [0.15, 0.2) is 59.1 Å². The fourth-order valence-electron chi connectivity index (χ4n) is 2.27. The van der Waals surface area contributed by atoms with Crippen LogP contribution in [0.3, 0.4) is 0 Å². The first kappa shape index (κ1) is 15.7. The number of likely N-dealkylation sites (N-methyl/N-ethyl adjacent to an activating group) is 1. The Labute approximate surface area is 134 Å². The van der Waals surface area contributed by atoms with Crippen LogP contribution in [0.2, 0.25) is 0 Å². The molecule has 4 heteroatoms. The second-order valence-electron chi connectivity index (χ2n) is 5.26. The standard InChI is InChI=1S/C17H19BrN2O/c1-20(2)16(13-7-4-3-5-8-13)12-19-17(21)14-9-6-10-15(18)11-14/h3-11,16H,12H2,1-2H3,(H,19,21)/p+1/t16-/m1/s1. The van der Waals surface area contributed by atoms with Gasteiger partial charge in [-0.3, -0.25) is 4.79 Å². The zero-order valence-corrected chi connectivity index (χ0v) is 13.9. The molecule has 2 N–H and O–H groups in total. The largest absolute Gasteiger partial charge is 0.346 e. The summed E-state index contributed by atoms with van der Waals surface area (Å²) in [5, 5.41) is 3.03. The second kappa shape index (κ2) is 7.38. The molecule has 0 unspecified atom stereocenters. The molecule has 2 aromatic rings. The highest BCUT2D eigenvalue weighted by molar-refractivity contribution is 9.10. The number of hydrogen-bond acceptors (Lipinski definition) is 1. The average Bonchev–Trinajstić information content (AvgIpc) is 2.48. The van der Waals surface area contributed by atoms with E-state index < -0.39 is 0 Å². The molecule has 0 aliphatic rings. The van der Waals surface area contributed by atoms with Gasteiger partial charge in [-0.05, 0) is 18.2 Å². The first-order chi connectivity index (χ1) is 10.1.